The van der Waals surface area contributed by atoms with Crippen LogP contribution in [-0.4, -0.2) is 31.7 Å². The molecule has 0 radical (unpaired) electrons. The minimum absolute atomic E-state index is 0.00615. The molecule has 1 heterocycles. The van der Waals surface area contributed by atoms with E-state index in [2.05, 4.69) is 5.32 Å². The molecule has 1 fully saturated rings. The van der Waals surface area contributed by atoms with Crippen molar-refractivity contribution in [2.24, 2.45) is 0 Å². The summed E-state index contributed by atoms with van der Waals surface area (Å²) < 4.78 is 64.6. The Balaban J connectivity index is 1.73. The number of hydrogen-bond acceptors (Lipinski definition) is 3. The van der Waals surface area contributed by atoms with Gasteiger partial charge in [0.1, 0.15) is 4.90 Å². The highest BCUT2D eigenvalue weighted by Gasteiger charge is 2.30. The molecule has 29 heavy (non-hydrogen) atoms. The van der Waals surface area contributed by atoms with Gasteiger partial charge in [-0.3, -0.25) is 4.79 Å². The first-order chi connectivity index (χ1) is 13.6. The molecule has 1 saturated heterocycles. The van der Waals surface area contributed by atoms with E-state index in [9.17, 15) is 26.4 Å². The predicted octanol–water partition coefficient (Wildman–Crippen LogP) is 4.07. The van der Waals surface area contributed by atoms with E-state index >= 15 is 0 Å². The highest BCUT2D eigenvalue weighted by molar-refractivity contribution is 7.89. The summed E-state index contributed by atoms with van der Waals surface area (Å²) in [5.74, 6) is -0.556. The van der Waals surface area contributed by atoms with Crippen molar-refractivity contribution >= 4 is 27.5 Å². The van der Waals surface area contributed by atoms with Gasteiger partial charge in [-0.2, -0.15) is 17.5 Å². The highest BCUT2D eigenvalue weighted by atomic mass is 35.5. The number of carbonyl (C=O) groups is 1. The smallest absolute Gasteiger partial charge is 0.348 e. The van der Waals surface area contributed by atoms with E-state index in [4.69, 9.17) is 11.6 Å². The summed E-state index contributed by atoms with van der Waals surface area (Å²) in [6, 6.07) is 8.38. The van der Waals surface area contributed by atoms with E-state index in [0.717, 1.165) is 25.0 Å². The molecule has 1 amide bonds. The lowest BCUT2D eigenvalue weighted by Gasteiger charge is -2.17. The number of rotatable bonds is 5. The first-order valence-electron chi connectivity index (χ1n) is 8.83. The van der Waals surface area contributed by atoms with Crippen molar-refractivity contribution in [2.45, 2.75) is 30.5 Å². The summed E-state index contributed by atoms with van der Waals surface area (Å²) in [6.45, 7) is 0.805. The third-order valence-corrected chi connectivity index (χ3v) is 6.99. The second kappa shape index (κ2) is 8.33. The van der Waals surface area contributed by atoms with Crippen LogP contribution in [0.5, 0.6) is 0 Å². The molecule has 2 aromatic carbocycles. The number of nitrogens with zero attached hydrogens (tertiary/aromatic N) is 1. The van der Waals surface area contributed by atoms with Crippen LogP contribution in [0.25, 0.3) is 0 Å². The number of amides is 1. The summed E-state index contributed by atoms with van der Waals surface area (Å²) in [4.78, 5) is 12.3. The van der Waals surface area contributed by atoms with E-state index in [1.807, 2.05) is 0 Å². The standard InChI is InChI=1S/C19H18ClF3N2O3S/c20-16-8-5-14(11-17(16)29(27,28)25-9-1-2-10-25)18(26)24-12-13-3-6-15(7-4-13)19(21,22)23/h3-8,11H,1-2,9-10,12H2,(H,24,26). The Morgan fingerprint density at radius 2 is 1.69 bits per heavy atom. The molecule has 0 saturated carbocycles. The molecule has 3 rings (SSSR count). The van der Waals surface area contributed by atoms with Crippen LogP contribution >= 0.6 is 11.6 Å². The lowest BCUT2D eigenvalue weighted by molar-refractivity contribution is -0.137. The first kappa shape index (κ1) is 21.6. The fourth-order valence-corrected chi connectivity index (χ4v) is 5.02. The molecule has 0 spiro atoms. The van der Waals surface area contributed by atoms with Crippen molar-refractivity contribution in [3.8, 4) is 0 Å². The normalized spacial score (nSPS) is 15.4. The van der Waals surface area contributed by atoms with Gasteiger partial charge in [0.25, 0.3) is 5.91 Å². The number of hydrogen-bond donors (Lipinski definition) is 1. The second-order valence-electron chi connectivity index (χ2n) is 6.63. The zero-order valence-corrected chi connectivity index (χ0v) is 16.7. The Morgan fingerprint density at radius 3 is 2.28 bits per heavy atom. The fraction of sp³-hybridized carbons (Fsp3) is 0.316. The number of sulfonamides is 1. The Morgan fingerprint density at radius 1 is 1.07 bits per heavy atom. The average molecular weight is 447 g/mol. The molecule has 2 aromatic rings. The van der Waals surface area contributed by atoms with Crippen molar-refractivity contribution in [2.75, 3.05) is 13.1 Å². The van der Waals surface area contributed by atoms with Gasteiger partial charge < -0.3 is 5.32 Å². The van der Waals surface area contributed by atoms with Crippen LogP contribution in [0.4, 0.5) is 13.2 Å². The lowest BCUT2D eigenvalue weighted by atomic mass is 10.1. The number of alkyl halides is 3. The molecule has 1 aliphatic heterocycles. The Hall–Kier alpha value is -2.10. The number of carbonyl (C=O) groups excluding carboxylic acids is 1. The lowest BCUT2D eigenvalue weighted by Crippen LogP contribution is -2.29. The summed E-state index contributed by atoms with van der Waals surface area (Å²) in [6.07, 6.45) is -2.89. The van der Waals surface area contributed by atoms with Crippen LogP contribution in [0.1, 0.15) is 34.3 Å². The molecule has 0 atom stereocenters. The summed E-state index contributed by atoms with van der Waals surface area (Å²) in [7, 11) is -3.80. The van der Waals surface area contributed by atoms with Crippen molar-refractivity contribution in [3.05, 3.63) is 64.2 Å². The molecule has 0 unspecified atom stereocenters. The van der Waals surface area contributed by atoms with Crippen LogP contribution in [-0.2, 0) is 22.7 Å². The van der Waals surface area contributed by atoms with Crippen LogP contribution in [0.15, 0.2) is 47.4 Å². The van der Waals surface area contributed by atoms with Gasteiger partial charge in [0.2, 0.25) is 10.0 Å². The summed E-state index contributed by atoms with van der Waals surface area (Å²) in [5, 5.41) is 2.59. The Bertz CT molecular complexity index is 1000. The van der Waals surface area contributed by atoms with Gasteiger partial charge in [0, 0.05) is 25.2 Å². The molecule has 0 bridgehead atoms. The molecular weight excluding hydrogens is 429 g/mol. The average Bonchev–Trinajstić information content (AvgIpc) is 3.21. The van der Waals surface area contributed by atoms with Crippen LogP contribution in [0, 0.1) is 0 Å². The third-order valence-electron chi connectivity index (χ3n) is 4.61. The molecule has 1 N–H and O–H groups in total. The molecule has 5 nitrogen and oxygen atoms in total. The van der Waals surface area contributed by atoms with E-state index < -0.39 is 27.7 Å². The minimum atomic E-state index is -4.43. The highest BCUT2D eigenvalue weighted by Crippen LogP contribution is 2.29. The van der Waals surface area contributed by atoms with Crippen LogP contribution < -0.4 is 5.32 Å². The van der Waals surface area contributed by atoms with Gasteiger partial charge in [0.05, 0.1) is 10.6 Å². The van der Waals surface area contributed by atoms with E-state index in [-0.39, 0.29) is 22.0 Å². The number of nitrogens with one attached hydrogen (secondary N) is 1. The maximum absolute atomic E-state index is 12.7. The van der Waals surface area contributed by atoms with Crippen molar-refractivity contribution in [3.63, 3.8) is 0 Å². The van der Waals surface area contributed by atoms with Crippen LogP contribution in [0.3, 0.4) is 0 Å². The monoisotopic (exact) mass is 446 g/mol. The second-order valence-corrected chi connectivity index (χ2v) is 8.95. The topological polar surface area (TPSA) is 66.5 Å². The van der Waals surface area contributed by atoms with Crippen molar-refractivity contribution < 1.29 is 26.4 Å². The molecule has 156 valence electrons. The van der Waals surface area contributed by atoms with Crippen molar-refractivity contribution in [1.29, 1.82) is 0 Å². The van der Waals surface area contributed by atoms with Gasteiger partial charge >= 0.3 is 6.18 Å². The quantitative estimate of drug-likeness (QED) is 0.752. The molecular formula is C19H18ClF3N2O3S. The SMILES string of the molecule is O=C(NCc1ccc(C(F)(F)F)cc1)c1ccc(Cl)c(S(=O)(=O)N2CCCC2)c1. The zero-order valence-electron chi connectivity index (χ0n) is 15.2. The molecule has 10 heteroatoms. The molecule has 0 aliphatic carbocycles. The van der Waals surface area contributed by atoms with Crippen LogP contribution in [0.2, 0.25) is 5.02 Å². The maximum atomic E-state index is 12.7. The van der Waals surface area contributed by atoms with Gasteiger partial charge in [-0.05, 0) is 48.7 Å². The largest absolute Gasteiger partial charge is 0.416 e. The zero-order chi connectivity index (χ0) is 21.2. The van der Waals surface area contributed by atoms with Gasteiger partial charge in [-0.25, -0.2) is 8.42 Å². The predicted molar refractivity (Wildman–Crippen MR) is 102 cm³/mol. The van der Waals surface area contributed by atoms with Gasteiger partial charge in [0.15, 0.2) is 0 Å². The fourth-order valence-electron chi connectivity index (χ4n) is 3.01. The molecule has 0 aromatic heterocycles. The number of halogens is 4. The first-order valence-corrected chi connectivity index (χ1v) is 10.6. The summed E-state index contributed by atoms with van der Waals surface area (Å²) >= 11 is 6.06. The van der Waals surface area contributed by atoms with Crippen molar-refractivity contribution in [1.82, 2.24) is 9.62 Å². The molecule has 1 aliphatic rings. The van der Waals surface area contributed by atoms with Gasteiger partial charge in [-0.15, -0.1) is 0 Å². The van der Waals surface area contributed by atoms with E-state index in [0.29, 0.717) is 18.7 Å². The Kier molecular flexibility index (Phi) is 6.21. The maximum Gasteiger partial charge on any atom is 0.416 e. The van der Waals surface area contributed by atoms with E-state index in [1.165, 1.54) is 34.6 Å². The Labute approximate surface area is 171 Å². The summed E-state index contributed by atoms with van der Waals surface area (Å²) in [5.41, 5.74) is -0.202. The minimum Gasteiger partial charge on any atom is -0.348 e. The van der Waals surface area contributed by atoms with E-state index in [1.54, 1.807) is 0 Å². The number of benzene rings is 2. The third kappa shape index (κ3) is 4.91. The van der Waals surface area contributed by atoms with Gasteiger partial charge in [-0.1, -0.05) is 23.7 Å².